The fourth-order valence-electron chi connectivity index (χ4n) is 1.74. The smallest absolute Gasteiger partial charge is 0.0738 e. The van der Waals surface area contributed by atoms with Crippen LogP contribution in [0.2, 0.25) is 0 Å². The van der Waals surface area contributed by atoms with E-state index in [9.17, 15) is 0 Å². The molecule has 1 aromatic rings. The summed E-state index contributed by atoms with van der Waals surface area (Å²) in [6.07, 6.45) is 5.75. The van der Waals surface area contributed by atoms with Crippen molar-refractivity contribution in [1.82, 2.24) is 15.2 Å². The van der Waals surface area contributed by atoms with Gasteiger partial charge in [-0.3, -0.25) is 16.0 Å². The van der Waals surface area contributed by atoms with Gasteiger partial charge in [-0.15, -0.1) is 0 Å². The maximum absolute atomic E-state index is 5.52. The molecule has 0 aliphatic heterocycles. The van der Waals surface area contributed by atoms with E-state index in [1.165, 1.54) is 0 Å². The minimum atomic E-state index is 0.129. The Hall–Kier alpha value is -0.910. The molecule has 0 spiro atoms. The fourth-order valence-corrected chi connectivity index (χ4v) is 1.74. The van der Waals surface area contributed by atoms with Crippen LogP contribution in [0, 0.1) is 0 Å². The quantitative estimate of drug-likeness (QED) is 0.523. The van der Waals surface area contributed by atoms with E-state index < -0.39 is 0 Å². The summed E-state index contributed by atoms with van der Waals surface area (Å²) in [5.74, 6) is 5.52. The van der Waals surface area contributed by atoms with E-state index in [1.54, 1.807) is 11.8 Å². The molecular formula is C10H20N4O. The number of hydrazine groups is 1. The molecule has 0 aliphatic rings. The molecule has 0 amide bonds. The topological polar surface area (TPSA) is 65.1 Å². The van der Waals surface area contributed by atoms with E-state index in [-0.39, 0.29) is 12.1 Å². The van der Waals surface area contributed by atoms with Crippen molar-refractivity contribution in [2.24, 2.45) is 12.9 Å². The molecular weight excluding hydrogens is 192 g/mol. The van der Waals surface area contributed by atoms with Gasteiger partial charge in [0.1, 0.15) is 0 Å². The predicted octanol–water partition coefficient (Wildman–Crippen LogP) is 0.220. The Balaban J connectivity index is 2.60. The zero-order valence-corrected chi connectivity index (χ0v) is 9.60. The monoisotopic (exact) mass is 212 g/mol. The minimum absolute atomic E-state index is 0.129. The van der Waals surface area contributed by atoms with E-state index in [4.69, 9.17) is 10.6 Å². The number of hydrogen-bond acceptors (Lipinski definition) is 4. The third-order valence-corrected chi connectivity index (χ3v) is 2.58. The summed E-state index contributed by atoms with van der Waals surface area (Å²) in [5, 5.41) is 4.12. The van der Waals surface area contributed by atoms with Crippen molar-refractivity contribution in [2.75, 3.05) is 7.11 Å². The van der Waals surface area contributed by atoms with Crippen molar-refractivity contribution < 1.29 is 4.74 Å². The van der Waals surface area contributed by atoms with Crippen LogP contribution >= 0.6 is 0 Å². The maximum Gasteiger partial charge on any atom is 0.0738 e. The van der Waals surface area contributed by atoms with E-state index in [0.717, 1.165) is 18.4 Å². The van der Waals surface area contributed by atoms with Gasteiger partial charge >= 0.3 is 0 Å². The van der Waals surface area contributed by atoms with Gasteiger partial charge in [0.05, 0.1) is 18.3 Å². The van der Waals surface area contributed by atoms with Crippen molar-refractivity contribution in [2.45, 2.75) is 31.9 Å². The zero-order valence-electron chi connectivity index (χ0n) is 9.60. The average Bonchev–Trinajstić information content (AvgIpc) is 2.64. The molecule has 2 unspecified atom stereocenters. The first-order valence-corrected chi connectivity index (χ1v) is 5.17. The van der Waals surface area contributed by atoms with Crippen LogP contribution in [-0.2, 0) is 18.2 Å². The number of nitrogens with one attached hydrogen (secondary N) is 1. The van der Waals surface area contributed by atoms with Crippen molar-refractivity contribution in [3.8, 4) is 0 Å². The lowest BCUT2D eigenvalue weighted by Crippen LogP contribution is -2.46. The van der Waals surface area contributed by atoms with Crippen molar-refractivity contribution in [1.29, 1.82) is 0 Å². The Bertz CT molecular complexity index is 283. The molecule has 0 radical (unpaired) electrons. The highest BCUT2D eigenvalue weighted by molar-refractivity contribution is 5.06. The highest BCUT2D eigenvalue weighted by Gasteiger charge is 2.19. The highest BCUT2D eigenvalue weighted by atomic mass is 16.5. The van der Waals surface area contributed by atoms with Gasteiger partial charge in [0, 0.05) is 20.4 Å². The van der Waals surface area contributed by atoms with Gasteiger partial charge < -0.3 is 4.74 Å². The van der Waals surface area contributed by atoms with Gasteiger partial charge in [-0.2, -0.15) is 5.10 Å². The third kappa shape index (κ3) is 3.30. The molecule has 1 rings (SSSR count). The van der Waals surface area contributed by atoms with E-state index in [0.29, 0.717) is 0 Å². The summed E-state index contributed by atoms with van der Waals surface area (Å²) < 4.78 is 7.15. The SMILES string of the molecule is CCC(OC)C(Cc1cnn(C)c1)NN. The second-order valence-corrected chi connectivity index (χ2v) is 3.68. The fraction of sp³-hybridized carbons (Fsp3) is 0.700. The summed E-state index contributed by atoms with van der Waals surface area (Å²) in [6.45, 7) is 2.09. The van der Waals surface area contributed by atoms with Crippen LogP contribution in [0.25, 0.3) is 0 Å². The Morgan fingerprint density at radius 2 is 2.40 bits per heavy atom. The van der Waals surface area contributed by atoms with Crippen LogP contribution in [0.4, 0.5) is 0 Å². The van der Waals surface area contributed by atoms with Crippen LogP contribution in [0.1, 0.15) is 18.9 Å². The number of nitrogens with two attached hydrogens (primary N) is 1. The molecule has 5 nitrogen and oxygen atoms in total. The molecule has 0 saturated heterocycles. The van der Waals surface area contributed by atoms with Crippen LogP contribution in [0.5, 0.6) is 0 Å². The lowest BCUT2D eigenvalue weighted by molar-refractivity contribution is 0.0653. The van der Waals surface area contributed by atoms with Gasteiger partial charge in [0.2, 0.25) is 0 Å². The molecule has 15 heavy (non-hydrogen) atoms. The second-order valence-electron chi connectivity index (χ2n) is 3.68. The van der Waals surface area contributed by atoms with Crippen LogP contribution < -0.4 is 11.3 Å². The van der Waals surface area contributed by atoms with Gasteiger partial charge in [-0.05, 0) is 18.4 Å². The Morgan fingerprint density at radius 3 is 2.80 bits per heavy atom. The average molecular weight is 212 g/mol. The second kappa shape index (κ2) is 5.85. The van der Waals surface area contributed by atoms with Crippen LogP contribution in [-0.4, -0.2) is 29.0 Å². The van der Waals surface area contributed by atoms with Gasteiger partial charge in [0.25, 0.3) is 0 Å². The number of aryl methyl sites for hydroxylation is 1. The Kier molecular flexibility index (Phi) is 4.74. The van der Waals surface area contributed by atoms with Gasteiger partial charge in [0.15, 0.2) is 0 Å². The van der Waals surface area contributed by atoms with E-state index in [1.807, 2.05) is 19.4 Å². The molecule has 86 valence electrons. The van der Waals surface area contributed by atoms with Crippen LogP contribution in [0.3, 0.4) is 0 Å². The van der Waals surface area contributed by atoms with Crippen molar-refractivity contribution in [3.63, 3.8) is 0 Å². The van der Waals surface area contributed by atoms with E-state index >= 15 is 0 Å². The van der Waals surface area contributed by atoms with Gasteiger partial charge in [-0.1, -0.05) is 6.92 Å². The first-order valence-electron chi connectivity index (χ1n) is 5.17. The number of nitrogens with zero attached hydrogens (tertiary/aromatic N) is 2. The third-order valence-electron chi connectivity index (χ3n) is 2.58. The van der Waals surface area contributed by atoms with Crippen LogP contribution in [0.15, 0.2) is 12.4 Å². The molecule has 5 heteroatoms. The summed E-state index contributed by atoms with van der Waals surface area (Å²) in [6, 6.07) is 0.129. The molecule has 1 heterocycles. The molecule has 0 aromatic carbocycles. The lowest BCUT2D eigenvalue weighted by Gasteiger charge is -2.23. The number of methoxy groups -OCH3 is 1. The standard InChI is InChI=1S/C10H20N4O/c1-4-10(15-3)9(13-11)5-8-6-12-14(2)7-8/h6-7,9-10,13H,4-5,11H2,1-3H3. The highest BCUT2D eigenvalue weighted by Crippen LogP contribution is 2.09. The molecule has 1 aromatic heterocycles. The van der Waals surface area contributed by atoms with E-state index in [2.05, 4.69) is 17.4 Å². The summed E-state index contributed by atoms with van der Waals surface area (Å²) in [7, 11) is 3.61. The molecule has 0 aliphatic carbocycles. The molecule has 0 fully saturated rings. The maximum atomic E-state index is 5.52. The summed E-state index contributed by atoms with van der Waals surface area (Å²) in [4.78, 5) is 0. The van der Waals surface area contributed by atoms with Gasteiger partial charge in [-0.25, -0.2) is 0 Å². The summed E-state index contributed by atoms with van der Waals surface area (Å²) >= 11 is 0. The molecule has 0 saturated carbocycles. The molecule has 2 atom stereocenters. The number of hydrogen-bond donors (Lipinski definition) is 2. The Morgan fingerprint density at radius 1 is 1.67 bits per heavy atom. The normalized spacial score (nSPS) is 15.2. The molecule has 0 bridgehead atoms. The summed E-state index contributed by atoms with van der Waals surface area (Å²) in [5.41, 5.74) is 3.96. The minimum Gasteiger partial charge on any atom is -0.380 e. The largest absolute Gasteiger partial charge is 0.380 e. The van der Waals surface area contributed by atoms with Crippen molar-refractivity contribution >= 4 is 0 Å². The predicted molar refractivity (Wildman–Crippen MR) is 59.1 cm³/mol. The lowest BCUT2D eigenvalue weighted by atomic mass is 10.0. The zero-order chi connectivity index (χ0) is 11.3. The Labute approximate surface area is 90.6 Å². The first kappa shape index (κ1) is 12.2. The number of aromatic nitrogens is 2. The first-order chi connectivity index (χ1) is 7.21. The van der Waals surface area contributed by atoms with Crippen molar-refractivity contribution in [3.05, 3.63) is 18.0 Å². The number of rotatable bonds is 6. The number of ether oxygens (including phenoxy) is 1. The molecule has 3 N–H and O–H groups in total.